The summed E-state index contributed by atoms with van der Waals surface area (Å²) in [7, 11) is 0. The van der Waals surface area contributed by atoms with E-state index in [9.17, 15) is 29.3 Å². The Morgan fingerprint density at radius 1 is 1.18 bits per heavy atom. The number of halogens is 1. The number of aliphatic hydroxyl groups excluding tert-OH is 3. The maximum Gasteiger partial charge on any atom is 0.412 e. The van der Waals surface area contributed by atoms with E-state index in [0.717, 1.165) is 23.6 Å². The molecule has 2 aliphatic heterocycles. The quantitative estimate of drug-likeness (QED) is 0.384. The summed E-state index contributed by atoms with van der Waals surface area (Å²) in [6.07, 6.45) is -6.79. The monoisotopic (exact) mass is 475 g/mol. The smallest absolute Gasteiger partial charge is 0.412 e. The van der Waals surface area contributed by atoms with Gasteiger partial charge in [0.25, 0.3) is 0 Å². The second-order valence-corrected chi connectivity index (χ2v) is 8.11. The lowest BCUT2D eigenvalue weighted by molar-refractivity contribution is -0.207. The summed E-state index contributed by atoms with van der Waals surface area (Å²) in [5, 5.41) is 32.6. The molecule has 4 N–H and O–H groups in total. The number of anilines is 1. The molecule has 0 saturated carbocycles. The van der Waals surface area contributed by atoms with Gasteiger partial charge in [0.1, 0.15) is 24.4 Å². The predicted molar refractivity (Wildman–Crippen MR) is 110 cm³/mol. The Balaban J connectivity index is 1.67. The van der Waals surface area contributed by atoms with Crippen molar-refractivity contribution in [1.82, 2.24) is 9.55 Å². The van der Waals surface area contributed by atoms with Gasteiger partial charge in [-0.1, -0.05) is 19.8 Å². The Hall–Kier alpha value is -2.16. The van der Waals surface area contributed by atoms with Crippen LogP contribution < -0.4 is 11.0 Å². The number of rotatable bonds is 8. The van der Waals surface area contributed by atoms with Gasteiger partial charge in [0.15, 0.2) is 24.2 Å². The largest absolute Gasteiger partial charge is 0.449 e. The summed E-state index contributed by atoms with van der Waals surface area (Å²) >= 11 is 0. The van der Waals surface area contributed by atoms with Crippen LogP contribution in [0.25, 0.3) is 0 Å². The topological polar surface area (TPSA) is 162 Å². The zero-order valence-electron chi connectivity index (χ0n) is 18.6. The molecule has 12 nitrogen and oxygen atoms in total. The van der Waals surface area contributed by atoms with Crippen molar-refractivity contribution in [3.63, 3.8) is 0 Å². The Morgan fingerprint density at radius 2 is 1.91 bits per heavy atom. The summed E-state index contributed by atoms with van der Waals surface area (Å²) in [4.78, 5) is 27.8. The summed E-state index contributed by atoms with van der Waals surface area (Å²) in [6.45, 7) is 5.24. The number of nitrogens with one attached hydrogen (secondary N) is 1. The minimum Gasteiger partial charge on any atom is -0.449 e. The molecule has 186 valence electrons. The van der Waals surface area contributed by atoms with Gasteiger partial charge < -0.3 is 34.3 Å². The van der Waals surface area contributed by atoms with Gasteiger partial charge in [-0.25, -0.2) is 14.0 Å². The fourth-order valence-electron chi connectivity index (χ4n) is 3.68. The first-order valence-corrected chi connectivity index (χ1v) is 10.9. The highest BCUT2D eigenvalue weighted by Gasteiger charge is 2.49. The highest BCUT2D eigenvalue weighted by molar-refractivity contribution is 5.83. The number of aromatic nitrogens is 2. The van der Waals surface area contributed by atoms with Crippen molar-refractivity contribution in [2.75, 3.05) is 11.9 Å². The van der Waals surface area contributed by atoms with Crippen LogP contribution in [0, 0.1) is 5.82 Å². The van der Waals surface area contributed by atoms with Gasteiger partial charge in [-0.2, -0.15) is 4.98 Å². The molecule has 0 spiro atoms. The van der Waals surface area contributed by atoms with E-state index >= 15 is 0 Å². The summed E-state index contributed by atoms with van der Waals surface area (Å²) in [6, 6.07) is 0. The first kappa shape index (κ1) is 25.5. The lowest BCUT2D eigenvalue weighted by Crippen LogP contribution is -2.42. The van der Waals surface area contributed by atoms with Crippen LogP contribution in [-0.4, -0.2) is 80.5 Å². The maximum absolute atomic E-state index is 14.5. The molecule has 2 saturated heterocycles. The van der Waals surface area contributed by atoms with Crippen LogP contribution in [-0.2, 0) is 18.9 Å². The standard InChI is InChI=1S/C20H30FN3O9/c1-4-5-6-7-30-20(29)23-16-11(21)8-24(19(28)22-16)17-14(27)15(10(3)31-17)33-18-13(26)12(25)9(2)32-18/h8-10,12-15,17-18,25-27H,4-7H2,1-3H3,(H,22,23,28,29)/t9-,10-,12-,13-,14-,15-,17-,18+/m1/s1. The minimum absolute atomic E-state index is 0.148. The second-order valence-electron chi connectivity index (χ2n) is 8.11. The first-order chi connectivity index (χ1) is 15.6. The molecule has 0 radical (unpaired) electrons. The number of nitrogens with zero attached hydrogens (tertiary/aromatic N) is 2. The van der Waals surface area contributed by atoms with E-state index in [1.54, 1.807) is 13.8 Å². The van der Waals surface area contributed by atoms with E-state index < -0.39 is 72.6 Å². The lowest BCUT2D eigenvalue weighted by Gasteiger charge is -2.24. The second kappa shape index (κ2) is 10.8. The number of carbonyl (C=O) groups is 1. The first-order valence-electron chi connectivity index (χ1n) is 10.9. The molecule has 33 heavy (non-hydrogen) atoms. The average Bonchev–Trinajstić information content (AvgIpc) is 3.18. The van der Waals surface area contributed by atoms with Crippen LogP contribution >= 0.6 is 0 Å². The molecule has 3 rings (SSSR count). The summed E-state index contributed by atoms with van der Waals surface area (Å²) in [5.74, 6) is -1.66. The van der Waals surface area contributed by atoms with Crippen molar-refractivity contribution in [2.45, 2.75) is 89.2 Å². The highest BCUT2D eigenvalue weighted by Crippen LogP contribution is 2.33. The van der Waals surface area contributed by atoms with Gasteiger partial charge in [-0.05, 0) is 20.3 Å². The van der Waals surface area contributed by atoms with Crippen molar-refractivity contribution >= 4 is 11.9 Å². The Morgan fingerprint density at radius 3 is 2.55 bits per heavy atom. The van der Waals surface area contributed by atoms with Crippen molar-refractivity contribution in [3.05, 3.63) is 22.5 Å². The Kier molecular flexibility index (Phi) is 8.37. The number of hydrogen-bond donors (Lipinski definition) is 4. The van der Waals surface area contributed by atoms with E-state index in [2.05, 4.69) is 10.3 Å². The average molecular weight is 475 g/mol. The van der Waals surface area contributed by atoms with Crippen molar-refractivity contribution in [2.24, 2.45) is 0 Å². The zero-order valence-corrected chi connectivity index (χ0v) is 18.6. The fourth-order valence-corrected chi connectivity index (χ4v) is 3.68. The van der Waals surface area contributed by atoms with Gasteiger partial charge in [0, 0.05) is 0 Å². The van der Waals surface area contributed by atoms with Gasteiger partial charge >= 0.3 is 11.8 Å². The van der Waals surface area contributed by atoms with Crippen LogP contribution in [0.15, 0.2) is 11.0 Å². The Bertz CT molecular complexity index is 885. The molecule has 0 aromatic carbocycles. The van der Waals surface area contributed by atoms with E-state index in [4.69, 9.17) is 18.9 Å². The number of unbranched alkanes of at least 4 members (excludes halogenated alkanes) is 2. The third-order valence-corrected chi connectivity index (χ3v) is 5.58. The lowest BCUT2D eigenvalue weighted by atomic mass is 10.1. The molecule has 13 heteroatoms. The van der Waals surface area contributed by atoms with Gasteiger partial charge in [0.05, 0.1) is 25.0 Å². The molecule has 8 atom stereocenters. The number of amides is 1. The molecule has 1 aromatic heterocycles. The molecule has 1 amide bonds. The van der Waals surface area contributed by atoms with Crippen molar-refractivity contribution < 1.29 is 43.5 Å². The summed E-state index contributed by atoms with van der Waals surface area (Å²) < 4.78 is 36.7. The van der Waals surface area contributed by atoms with Crippen molar-refractivity contribution in [3.8, 4) is 0 Å². The number of hydrogen-bond acceptors (Lipinski definition) is 10. The zero-order chi connectivity index (χ0) is 24.3. The van der Waals surface area contributed by atoms with Gasteiger partial charge in [-0.3, -0.25) is 9.88 Å². The van der Waals surface area contributed by atoms with E-state index in [0.29, 0.717) is 6.42 Å². The van der Waals surface area contributed by atoms with E-state index in [1.165, 1.54) is 0 Å². The third-order valence-electron chi connectivity index (χ3n) is 5.58. The molecular weight excluding hydrogens is 445 g/mol. The molecule has 0 aliphatic carbocycles. The van der Waals surface area contributed by atoms with E-state index in [-0.39, 0.29) is 6.61 Å². The van der Waals surface area contributed by atoms with Crippen LogP contribution in [0.1, 0.15) is 46.3 Å². The van der Waals surface area contributed by atoms with Gasteiger partial charge in [0.2, 0.25) is 0 Å². The molecule has 3 heterocycles. The molecule has 2 fully saturated rings. The maximum atomic E-state index is 14.5. The normalized spacial score (nSPS) is 33.9. The predicted octanol–water partition coefficient (Wildman–Crippen LogP) is 0.251. The number of carbonyl (C=O) groups excluding carboxylic acids is 1. The fraction of sp³-hybridized carbons (Fsp3) is 0.750. The molecular formula is C20H30FN3O9. The molecule has 1 aromatic rings. The SMILES string of the molecule is CCCCCOC(=O)Nc1nc(=O)n([C@@H]2O[C@H](C)[C@@H](O[C@@H]3O[C@H](C)[C@@H](O)[C@H]3O)[C@H]2O)cc1F. The molecule has 0 bridgehead atoms. The van der Waals surface area contributed by atoms with E-state index in [1.807, 2.05) is 6.92 Å². The van der Waals surface area contributed by atoms with Crippen LogP contribution in [0.4, 0.5) is 15.0 Å². The minimum atomic E-state index is -1.45. The number of aliphatic hydroxyl groups is 3. The van der Waals surface area contributed by atoms with Gasteiger partial charge in [-0.15, -0.1) is 0 Å². The highest BCUT2D eigenvalue weighted by atomic mass is 19.1. The Labute approximate surface area is 189 Å². The molecule has 0 unspecified atom stereocenters. The van der Waals surface area contributed by atoms with Crippen LogP contribution in [0.2, 0.25) is 0 Å². The van der Waals surface area contributed by atoms with Crippen LogP contribution in [0.3, 0.4) is 0 Å². The van der Waals surface area contributed by atoms with Crippen LogP contribution in [0.5, 0.6) is 0 Å². The third kappa shape index (κ3) is 5.67. The molecule has 2 aliphatic rings. The van der Waals surface area contributed by atoms with Crippen molar-refractivity contribution in [1.29, 1.82) is 0 Å². The summed E-state index contributed by atoms with van der Waals surface area (Å²) in [5.41, 5.74) is -0.990. The number of ether oxygens (including phenoxy) is 4.